The van der Waals surface area contributed by atoms with Crippen LogP contribution in [-0.2, 0) is 10.3 Å². The van der Waals surface area contributed by atoms with Crippen LogP contribution in [0, 0.1) is 5.92 Å². The van der Waals surface area contributed by atoms with Gasteiger partial charge in [-0.15, -0.1) is 0 Å². The summed E-state index contributed by atoms with van der Waals surface area (Å²) < 4.78 is 11.1. The molecule has 1 aliphatic carbocycles. The first kappa shape index (κ1) is 13.9. The van der Waals surface area contributed by atoms with Gasteiger partial charge in [0.15, 0.2) is 11.5 Å². The summed E-state index contributed by atoms with van der Waals surface area (Å²) in [6.07, 6.45) is 7.02. The van der Waals surface area contributed by atoms with E-state index in [0.717, 1.165) is 25.7 Å². The van der Waals surface area contributed by atoms with Gasteiger partial charge < -0.3 is 15.0 Å². The van der Waals surface area contributed by atoms with Gasteiger partial charge in [0.25, 0.3) is 5.89 Å². The molecule has 0 radical (unpaired) electrons. The Hall–Kier alpha value is -2.02. The summed E-state index contributed by atoms with van der Waals surface area (Å²) in [4.78, 5) is 12.6. The van der Waals surface area contributed by atoms with E-state index >= 15 is 0 Å². The Morgan fingerprint density at radius 3 is 2.67 bits per heavy atom. The lowest BCUT2D eigenvalue weighted by molar-refractivity contribution is -0.0609. The molecule has 1 fully saturated rings. The van der Waals surface area contributed by atoms with Crippen LogP contribution in [0.25, 0.3) is 11.6 Å². The molecule has 0 saturated heterocycles. The first-order valence-corrected chi connectivity index (χ1v) is 7.11. The summed E-state index contributed by atoms with van der Waals surface area (Å²) in [5, 5.41) is 4.09. The lowest BCUT2D eigenvalue weighted by Gasteiger charge is -2.35. The van der Waals surface area contributed by atoms with E-state index in [9.17, 15) is 0 Å². The fraction of sp³-hybridized carbons (Fsp3) is 0.571. The third-order valence-corrected chi connectivity index (χ3v) is 4.24. The highest BCUT2D eigenvalue weighted by Crippen LogP contribution is 2.41. The van der Waals surface area contributed by atoms with Gasteiger partial charge in [-0.1, -0.05) is 12.1 Å². The van der Waals surface area contributed by atoms with Crippen LogP contribution in [0.15, 0.2) is 16.9 Å². The lowest BCUT2D eigenvalue weighted by atomic mass is 9.79. The molecule has 2 heterocycles. The maximum Gasteiger partial charge on any atom is 0.280 e. The topological polar surface area (TPSA) is 100.0 Å². The fourth-order valence-corrected chi connectivity index (χ4v) is 2.77. The molecule has 0 atom stereocenters. The molecular weight excluding hydrogens is 270 g/mol. The molecule has 112 valence electrons. The minimum Gasteiger partial charge on any atom is -0.382 e. The highest BCUT2D eigenvalue weighted by molar-refractivity contribution is 5.61. The molecular formula is C14H19N5O2. The fourth-order valence-electron chi connectivity index (χ4n) is 2.77. The molecule has 0 bridgehead atoms. The van der Waals surface area contributed by atoms with Crippen molar-refractivity contribution < 1.29 is 9.26 Å². The average molecular weight is 289 g/mol. The molecule has 21 heavy (non-hydrogen) atoms. The van der Waals surface area contributed by atoms with Crippen molar-refractivity contribution in [3.05, 3.63) is 18.2 Å². The number of rotatable bonds is 3. The molecule has 2 aromatic rings. The second-order valence-electron chi connectivity index (χ2n) is 5.59. The average Bonchev–Trinajstić information content (AvgIpc) is 2.99. The summed E-state index contributed by atoms with van der Waals surface area (Å²) in [7, 11) is 1.70. The molecule has 2 aromatic heterocycles. The van der Waals surface area contributed by atoms with E-state index in [-0.39, 0.29) is 11.7 Å². The number of ether oxygens (including phenoxy) is 1. The zero-order valence-corrected chi connectivity index (χ0v) is 12.2. The number of aromatic nitrogens is 4. The van der Waals surface area contributed by atoms with Crippen LogP contribution >= 0.6 is 0 Å². The Balaban J connectivity index is 1.92. The van der Waals surface area contributed by atoms with Crippen molar-refractivity contribution >= 4 is 5.82 Å². The van der Waals surface area contributed by atoms with E-state index in [2.05, 4.69) is 27.0 Å². The Kier molecular flexibility index (Phi) is 3.59. The van der Waals surface area contributed by atoms with Crippen molar-refractivity contribution in [3.8, 4) is 11.6 Å². The number of nitrogens with zero attached hydrogens (tertiary/aromatic N) is 4. The summed E-state index contributed by atoms with van der Waals surface area (Å²) in [5.74, 6) is 1.83. The molecule has 0 aliphatic heterocycles. The van der Waals surface area contributed by atoms with Gasteiger partial charge >= 0.3 is 0 Å². The van der Waals surface area contributed by atoms with Crippen LogP contribution < -0.4 is 5.73 Å². The highest BCUT2D eigenvalue weighted by Gasteiger charge is 2.40. The molecule has 7 nitrogen and oxygen atoms in total. The number of nitrogen functional groups attached to an aromatic ring is 1. The number of methoxy groups -OCH3 is 1. The second-order valence-corrected chi connectivity index (χ2v) is 5.59. The van der Waals surface area contributed by atoms with E-state index in [4.69, 9.17) is 15.0 Å². The Morgan fingerprint density at radius 1 is 1.29 bits per heavy atom. The van der Waals surface area contributed by atoms with Crippen LogP contribution in [0.3, 0.4) is 0 Å². The molecule has 3 rings (SSSR count). The van der Waals surface area contributed by atoms with Crippen LogP contribution in [0.4, 0.5) is 5.82 Å². The van der Waals surface area contributed by atoms with Crippen LogP contribution in [0.2, 0.25) is 0 Å². The Morgan fingerprint density at radius 2 is 2.00 bits per heavy atom. The standard InChI is InChI=1S/C14H19N5O2/c1-9-3-5-14(20-2,6-4-9)13-18-12(21-19-13)10-11(15)17-8-7-16-10/h7-9H,3-6H2,1-2H3,(H2,15,17). The molecule has 0 unspecified atom stereocenters. The SMILES string of the molecule is COC1(c2noc(-c3nccnc3N)n2)CCC(C)CC1. The smallest absolute Gasteiger partial charge is 0.280 e. The van der Waals surface area contributed by atoms with Gasteiger partial charge in [-0.3, -0.25) is 0 Å². The van der Waals surface area contributed by atoms with Gasteiger partial charge in [-0.2, -0.15) is 4.98 Å². The first-order chi connectivity index (χ1) is 10.1. The minimum absolute atomic E-state index is 0.274. The van der Waals surface area contributed by atoms with E-state index in [0.29, 0.717) is 17.4 Å². The molecule has 7 heteroatoms. The highest BCUT2D eigenvalue weighted by atomic mass is 16.5. The van der Waals surface area contributed by atoms with Gasteiger partial charge in [0, 0.05) is 19.5 Å². The van der Waals surface area contributed by atoms with Gasteiger partial charge in [0.1, 0.15) is 5.60 Å². The van der Waals surface area contributed by atoms with Gasteiger partial charge in [0.2, 0.25) is 5.82 Å². The Bertz CT molecular complexity index is 619. The van der Waals surface area contributed by atoms with E-state index < -0.39 is 5.60 Å². The van der Waals surface area contributed by atoms with Crippen molar-refractivity contribution in [2.45, 2.75) is 38.2 Å². The zero-order chi connectivity index (χ0) is 14.9. The molecule has 1 aliphatic rings. The molecule has 0 amide bonds. The van der Waals surface area contributed by atoms with Gasteiger partial charge in [-0.05, 0) is 31.6 Å². The van der Waals surface area contributed by atoms with Crippen molar-refractivity contribution in [1.82, 2.24) is 20.1 Å². The predicted octanol–water partition coefficient (Wildman–Crippen LogP) is 2.16. The van der Waals surface area contributed by atoms with Crippen molar-refractivity contribution in [3.63, 3.8) is 0 Å². The summed E-state index contributed by atoms with van der Waals surface area (Å²) in [6.45, 7) is 2.25. The third-order valence-electron chi connectivity index (χ3n) is 4.24. The number of anilines is 1. The first-order valence-electron chi connectivity index (χ1n) is 7.11. The monoisotopic (exact) mass is 289 g/mol. The van der Waals surface area contributed by atoms with E-state index in [1.807, 2.05) is 0 Å². The minimum atomic E-state index is -0.467. The summed E-state index contributed by atoms with van der Waals surface area (Å²) in [6, 6.07) is 0. The van der Waals surface area contributed by atoms with Gasteiger partial charge in [-0.25, -0.2) is 9.97 Å². The number of hydrogen-bond donors (Lipinski definition) is 1. The van der Waals surface area contributed by atoms with Gasteiger partial charge in [0.05, 0.1) is 0 Å². The number of nitrogens with two attached hydrogens (primary N) is 1. The van der Waals surface area contributed by atoms with E-state index in [1.165, 1.54) is 6.20 Å². The maximum atomic E-state index is 5.79. The molecule has 1 saturated carbocycles. The zero-order valence-electron chi connectivity index (χ0n) is 12.2. The van der Waals surface area contributed by atoms with Crippen LogP contribution in [-0.4, -0.2) is 27.2 Å². The second kappa shape index (κ2) is 5.40. The largest absolute Gasteiger partial charge is 0.382 e. The lowest BCUT2D eigenvalue weighted by Crippen LogP contribution is -2.34. The Labute approximate surface area is 122 Å². The maximum absolute atomic E-state index is 5.79. The molecule has 2 N–H and O–H groups in total. The van der Waals surface area contributed by atoms with Crippen molar-refractivity contribution in [1.29, 1.82) is 0 Å². The quantitative estimate of drug-likeness (QED) is 0.924. The molecule has 0 spiro atoms. The summed E-state index contributed by atoms with van der Waals surface area (Å²) >= 11 is 0. The van der Waals surface area contributed by atoms with E-state index in [1.54, 1.807) is 13.3 Å². The van der Waals surface area contributed by atoms with Crippen LogP contribution in [0.5, 0.6) is 0 Å². The third kappa shape index (κ3) is 2.49. The van der Waals surface area contributed by atoms with Crippen LogP contribution in [0.1, 0.15) is 38.4 Å². The molecule has 0 aromatic carbocycles. The number of hydrogen-bond acceptors (Lipinski definition) is 7. The normalized spacial score (nSPS) is 25.9. The van der Waals surface area contributed by atoms with Crippen molar-refractivity contribution in [2.75, 3.05) is 12.8 Å². The summed E-state index contributed by atoms with van der Waals surface area (Å²) in [5.41, 5.74) is 5.73. The predicted molar refractivity (Wildman–Crippen MR) is 76.1 cm³/mol. The van der Waals surface area contributed by atoms with Crippen molar-refractivity contribution in [2.24, 2.45) is 5.92 Å².